The Labute approximate surface area is 118 Å². The summed E-state index contributed by atoms with van der Waals surface area (Å²) in [6.07, 6.45) is 2.39. The van der Waals surface area contributed by atoms with Crippen LogP contribution in [0.15, 0.2) is 29.7 Å². The number of hydrogen-bond acceptors (Lipinski definition) is 4. The summed E-state index contributed by atoms with van der Waals surface area (Å²) in [7, 11) is -3.93. The molecule has 3 N–H and O–H groups in total. The van der Waals surface area contributed by atoms with Crippen LogP contribution >= 0.6 is 0 Å². The minimum absolute atomic E-state index is 0.0622. The van der Waals surface area contributed by atoms with Crippen molar-refractivity contribution in [3.8, 4) is 0 Å². The molecule has 0 unspecified atom stereocenters. The van der Waals surface area contributed by atoms with Crippen molar-refractivity contribution >= 4 is 15.7 Å². The molecule has 1 rings (SSSR count). The fraction of sp³-hybridized carbons (Fsp3) is 0.385. The number of halogens is 1. The van der Waals surface area contributed by atoms with E-state index in [9.17, 15) is 12.8 Å². The third-order valence-electron chi connectivity index (χ3n) is 2.61. The van der Waals surface area contributed by atoms with Crippen LogP contribution in [0.1, 0.15) is 12.0 Å². The number of nitrogens with one attached hydrogen (secondary N) is 1. The molecule has 7 heteroatoms. The smallest absolute Gasteiger partial charge is 0.243 e. The third-order valence-corrected chi connectivity index (χ3v) is 4.09. The molecule has 0 saturated carbocycles. The maximum Gasteiger partial charge on any atom is 0.243 e. The molecule has 0 spiro atoms. The van der Waals surface area contributed by atoms with Crippen LogP contribution in [0.5, 0.6) is 0 Å². The number of ether oxygens (including phenoxy) is 1. The van der Waals surface area contributed by atoms with Gasteiger partial charge in [-0.05, 0) is 31.0 Å². The molecule has 112 valence electrons. The molecule has 1 aromatic carbocycles. The number of rotatable bonds is 8. The molecule has 0 amide bonds. The van der Waals surface area contributed by atoms with Gasteiger partial charge in [-0.15, -0.1) is 6.58 Å². The van der Waals surface area contributed by atoms with E-state index in [0.29, 0.717) is 18.6 Å². The van der Waals surface area contributed by atoms with E-state index < -0.39 is 20.7 Å². The molecule has 0 radical (unpaired) electrons. The number of hydrogen-bond donors (Lipinski definition) is 2. The Balaban J connectivity index is 2.65. The Kier molecular flexibility index (Phi) is 6.12. The predicted octanol–water partition coefficient (Wildman–Crippen LogP) is 1.59. The van der Waals surface area contributed by atoms with Gasteiger partial charge < -0.3 is 10.5 Å². The lowest BCUT2D eigenvalue weighted by atomic mass is 10.2. The van der Waals surface area contributed by atoms with Crippen LogP contribution in [0.4, 0.5) is 10.1 Å². The Morgan fingerprint density at radius 3 is 2.80 bits per heavy atom. The average Bonchev–Trinajstić information content (AvgIpc) is 2.37. The molecule has 0 bridgehead atoms. The largest absolute Gasteiger partial charge is 0.398 e. The first-order chi connectivity index (χ1) is 9.38. The number of benzene rings is 1. The zero-order chi connectivity index (χ0) is 15.2. The highest BCUT2D eigenvalue weighted by atomic mass is 32.2. The third kappa shape index (κ3) is 4.59. The average molecular weight is 302 g/mol. The number of aryl methyl sites for hydroxylation is 1. The highest BCUT2D eigenvalue weighted by molar-refractivity contribution is 7.89. The van der Waals surface area contributed by atoms with Crippen molar-refractivity contribution in [1.29, 1.82) is 0 Å². The van der Waals surface area contributed by atoms with Gasteiger partial charge in [-0.2, -0.15) is 0 Å². The van der Waals surface area contributed by atoms with Gasteiger partial charge in [-0.25, -0.2) is 17.5 Å². The van der Waals surface area contributed by atoms with Crippen molar-refractivity contribution in [3.05, 3.63) is 36.2 Å². The summed E-state index contributed by atoms with van der Waals surface area (Å²) in [5.74, 6) is -0.822. The summed E-state index contributed by atoms with van der Waals surface area (Å²) in [4.78, 5) is -0.452. The fourth-order valence-corrected chi connectivity index (χ4v) is 2.57. The first-order valence-corrected chi connectivity index (χ1v) is 7.60. The Bertz CT molecular complexity index is 573. The number of sulfonamides is 1. The summed E-state index contributed by atoms with van der Waals surface area (Å²) >= 11 is 0. The number of nitrogens with two attached hydrogens (primary N) is 1. The van der Waals surface area contributed by atoms with Crippen LogP contribution in [0, 0.1) is 12.7 Å². The van der Waals surface area contributed by atoms with Crippen LogP contribution in [0.3, 0.4) is 0 Å². The maximum atomic E-state index is 13.7. The SMILES string of the molecule is C=CCCOCCNS(=O)(=O)c1cc(N)c(C)cc1F. The first kappa shape index (κ1) is 16.6. The second-order valence-corrected chi connectivity index (χ2v) is 5.96. The molecule has 5 nitrogen and oxygen atoms in total. The molecule has 0 aliphatic heterocycles. The summed E-state index contributed by atoms with van der Waals surface area (Å²) in [6.45, 7) is 5.88. The van der Waals surface area contributed by atoms with E-state index in [1.54, 1.807) is 13.0 Å². The van der Waals surface area contributed by atoms with Gasteiger partial charge in [0.15, 0.2) is 0 Å². The van der Waals surface area contributed by atoms with Crippen molar-refractivity contribution < 1.29 is 17.5 Å². The lowest BCUT2D eigenvalue weighted by Crippen LogP contribution is -2.28. The molecule has 20 heavy (non-hydrogen) atoms. The van der Waals surface area contributed by atoms with Crippen LogP contribution in [-0.2, 0) is 14.8 Å². The van der Waals surface area contributed by atoms with Crippen molar-refractivity contribution in [2.45, 2.75) is 18.2 Å². The van der Waals surface area contributed by atoms with E-state index in [0.717, 1.165) is 12.1 Å². The van der Waals surface area contributed by atoms with E-state index in [1.165, 1.54) is 0 Å². The standard InChI is InChI=1S/C13H19FN2O3S/c1-3-4-6-19-7-5-16-20(17,18)13-9-12(15)10(2)8-11(13)14/h3,8-9,16H,1,4-7,15H2,2H3. The van der Waals surface area contributed by atoms with Gasteiger partial charge in [0, 0.05) is 12.2 Å². The Morgan fingerprint density at radius 2 is 2.15 bits per heavy atom. The van der Waals surface area contributed by atoms with Crippen molar-refractivity contribution in [2.24, 2.45) is 0 Å². The molecular weight excluding hydrogens is 283 g/mol. The summed E-state index contributed by atoms with van der Waals surface area (Å²) in [6, 6.07) is 2.22. The summed E-state index contributed by atoms with van der Waals surface area (Å²) in [5.41, 5.74) is 6.33. The molecule has 1 aromatic rings. The summed E-state index contributed by atoms with van der Waals surface area (Å²) in [5, 5.41) is 0. The molecular formula is C13H19FN2O3S. The molecule has 0 heterocycles. The second-order valence-electron chi connectivity index (χ2n) is 4.23. The minimum atomic E-state index is -3.93. The van der Waals surface area contributed by atoms with E-state index >= 15 is 0 Å². The van der Waals surface area contributed by atoms with E-state index in [4.69, 9.17) is 10.5 Å². The van der Waals surface area contributed by atoms with Gasteiger partial charge in [-0.3, -0.25) is 0 Å². The fourth-order valence-electron chi connectivity index (χ4n) is 1.47. The van der Waals surface area contributed by atoms with Crippen LogP contribution in [0.25, 0.3) is 0 Å². The second kappa shape index (κ2) is 7.37. The van der Waals surface area contributed by atoms with Crippen molar-refractivity contribution in [1.82, 2.24) is 4.72 Å². The predicted molar refractivity (Wildman–Crippen MR) is 76.4 cm³/mol. The Hall–Kier alpha value is -1.44. The van der Waals surface area contributed by atoms with Gasteiger partial charge >= 0.3 is 0 Å². The van der Waals surface area contributed by atoms with E-state index in [-0.39, 0.29) is 18.8 Å². The van der Waals surface area contributed by atoms with Crippen LogP contribution in [-0.4, -0.2) is 28.2 Å². The molecule has 0 saturated heterocycles. The molecule has 0 aromatic heterocycles. The minimum Gasteiger partial charge on any atom is -0.398 e. The zero-order valence-corrected chi connectivity index (χ0v) is 12.2. The molecule has 0 aliphatic rings. The first-order valence-electron chi connectivity index (χ1n) is 6.12. The lowest BCUT2D eigenvalue weighted by molar-refractivity contribution is 0.144. The van der Waals surface area contributed by atoms with Gasteiger partial charge in [0.1, 0.15) is 10.7 Å². The zero-order valence-electron chi connectivity index (χ0n) is 11.4. The van der Waals surface area contributed by atoms with Crippen molar-refractivity contribution in [2.75, 3.05) is 25.5 Å². The van der Waals surface area contributed by atoms with Crippen LogP contribution in [0.2, 0.25) is 0 Å². The van der Waals surface area contributed by atoms with Crippen LogP contribution < -0.4 is 10.5 Å². The lowest BCUT2D eigenvalue weighted by Gasteiger charge is -2.10. The molecule has 0 aliphatic carbocycles. The normalized spacial score (nSPS) is 11.5. The van der Waals surface area contributed by atoms with E-state index in [1.807, 2.05) is 0 Å². The quantitative estimate of drug-likeness (QED) is 0.434. The van der Waals surface area contributed by atoms with Crippen molar-refractivity contribution in [3.63, 3.8) is 0 Å². The molecule has 0 fully saturated rings. The van der Waals surface area contributed by atoms with Gasteiger partial charge in [0.25, 0.3) is 0 Å². The van der Waals surface area contributed by atoms with Gasteiger partial charge in [-0.1, -0.05) is 6.08 Å². The maximum absolute atomic E-state index is 13.7. The Morgan fingerprint density at radius 1 is 1.45 bits per heavy atom. The number of nitrogen functional groups attached to an aromatic ring is 1. The number of anilines is 1. The van der Waals surface area contributed by atoms with Gasteiger partial charge in [0.2, 0.25) is 10.0 Å². The van der Waals surface area contributed by atoms with E-state index in [2.05, 4.69) is 11.3 Å². The monoisotopic (exact) mass is 302 g/mol. The summed E-state index contributed by atoms with van der Waals surface area (Å²) < 4.78 is 45.0. The molecule has 0 atom stereocenters. The highest BCUT2D eigenvalue weighted by Crippen LogP contribution is 2.21. The highest BCUT2D eigenvalue weighted by Gasteiger charge is 2.19. The topological polar surface area (TPSA) is 81.4 Å². The van der Waals surface area contributed by atoms with Gasteiger partial charge in [0.05, 0.1) is 13.2 Å².